The molecule has 0 bridgehead atoms. The number of alkyl carbamates (subject to hydrolysis) is 1. The van der Waals surface area contributed by atoms with E-state index in [1.54, 1.807) is 32.9 Å². The van der Waals surface area contributed by atoms with Crippen LogP contribution in [0.2, 0.25) is 0 Å². The number of carbonyl (C=O) groups is 2. The molecule has 1 amide bonds. The number of hydrogen-bond acceptors (Lipinski definition) is 5. The fourth-order valence-corrected chi connectivity index (χ4v) is 1.37. The molecule has 0 aromatic carbocycles. The molecule has 19 heavy (non-hydrogen) atoms. The maximum Gasteiger partial charge on any atom is 0.408 e. The topological polar surface area (TPSA) is 94.3 Å². The third-order valence-electron chi connectivity index (χ3n) is 2.14. The second-order valence-corrected chi connectivity index (χ2v) is 5.18. The molecule has 0 saturated heterocycles. The van der Waals surface area contributed by atoms with Gasteiger partial charge in [0.25, 0.3) is 0 Å². The van der Waals surface area contributed by atoms with Crippen LogP contribution < -0.4 is 11.1 Å². The summed E-state index contributed by atoms with van der Waals surface area (Å²) in [7, 11) is 0. The lowest BCUT2D eigenvalue weighted by atomic mass is 10.1. The van der Waals surface area contributed by atoms with Gasteiger partial charge in [-0.1, -0.05) is 0 Å². The van der Waals surface area contributed by atoms with Crippen LogP contribution >= 0.6 is 0 Å². The molecule has 0 spiro atoms. The van der Waals surface area contributed by atoms with Gasteiger partial charge < -0.3 is 20.6 Å². The molecule has 1 aromatic rings. The number of nitrogens with zero attached hydrogens (tertiary/aromatic N) is 1. The standard InChI is InChI=1S/C13H19N3O3/c1-13(2,3)19-12(18)16-11(8-17)6-10-5-4-9(14)7-15-10/h4-5,7-8,11H,6,14H2,1-3H3,(H,16,18)/t11-/m0/s1. The molecule has 0 aliphatic carbocycles. The normalized spacial score (nSPS) is 12.6. The summed E-state index contributed by atoms with van der Waals surface area (Å²) < 4.78 is 5.08. The van der Waals surface area contributed by atoms with Crippen LogP contribution in [0, 0.1) is 0 Å². The van der Waals surface area contributed by atoms with Crippen molar-refractivity contribution < 1.29 is 14.3 Å². The molecule has 3 N–H and O–H groups in total. The van der Waals surface area contributed by atoms with Crippen molar-refractivity contribution in [1.29, 1.82) is 0 Å². The number of hydrogen-bond donors (Lipinski definition) is 2. The van der Waals surface area contributed by atoms with Crippen molar-refractivity contribution in [3.63, 3.8) is 0 Å². The lowest BCUT2D eigenvalue weighted by Gasteiger charge is -2.21. The van der Waals surface area contributed by atoms with E-state index in [-0.39, 0.29) is 0 Å². The number of nitrogens with one attached hydrogen (secondary N) is 1. The third kappa shape index (κ3) is 5.85. The first kappa shape index (κ1) is 14.9. The highest BCUT2D eigenvalue weighted by atomic mass is 16.6. The summed E-state index contributed by atoms with van der Waals surface area (Å²) in [6.07, 6.45) is 1.83. The first-order chi connectivity index (χ1) is 8.80. The molecule has 0 aliphatic heterocycles. The quantitative estimate of drug-likeness (QED) is 0.800. The molecule has 104 valence electrons. The largest absolute Gasteiger partial charge is 0.444 e. The van der Waals surface area contributed by atoms with E-state index in [4.69, 9.17) is 10.5 Å². The van der Waals surface area contributed by atoms with Gasteiger partial charge in [0.1, 0.15) is 11.9 Å². The fourth-order valence-electron chi connectivity index (χ4n) is 1.37. The number of pyridine rings is 1. The summed E-state index contributed by atoms with van der Waals surface area (Å²) >= 11 is 0. The number of anilines is 1. The number of nitrogens with two attached hydrogens (primary N) is 1. The highest BCUT2D eigenvalue weighted by molar-refractivity contribution is 5.73. The van der Waals surface area contributed by atoms with Crippen LogP contribution in [0.1, 0.15) is 26.5 Å². The van der Waals surface area contributed by atoms with Gasteiger partial charge >= 0.3 is 6.09 Å². The van der Waals surface area contributed by atoms with Crippen molar-refractivity contribution in [1.82, 2.24) is 10.3 Å². The van der Waals surface area contributed by atoms with E-state index in [9.17, 15) is 9.59 Å². The van der Waals surface area contributed by atoms with E-state index in [1.165, 1.54) is 6.20 Å². The Balaban J connectivity index is 2.57. The second kappa shape index (κ2) is 6.17. The van der Waals surface area contributed by atoms with Gasteiger partial charge in [0.2, 0.25) is 0 Å². The number of carbonyl (C=O) groups excluding carboxylic acids is 2. The fraction of sp³-hybridized carbons (Fsp3) is 0.462. The Bertz CT molecular complexity index is 437. The summed E-state index contributed by atoms with van der Waals surface area (Å²) in [5.74, 6) is 0. The Morgan fingerprint density at radius 2 is 2.21 bits per heavy atom. The minimum atomic E-state index is -0.675. The minimum Gasteiger partial charge on any atom is -0.444 e. The maximum atomic E-state index is 11.5. The predicted molar refractivity (Wildman–Crippen MR) is 71.6 cm³/mol. The zero-order valence-corrected chi connectivity index (χ0v) is 11.3. The number of rotatable bonds is 4. The summed E-state index contributed by atoms with van der Waals surface area (Å²) in [6.45, 7) is 5.26. The molecule has 0 radical (unpaired) electrons. The summed E-state index contributed by atoms with van der Waals surface area (Å²) in [6, 6.07) is 2.73. The smallest absolute Gasteiger partial charge is 0.408 e. The predicted octanol–water partition coefficient (Wildman–Crippen LogP) is 1.30. The van der Waals surface area contributed by atoms with E-state index < -0.39 is 17.7 Å². The highest BCUT2D eigenvalue weighted by Gasteiger charge is 2.19. The molecule has 1 atom stereocenters. The SMILES string of the molecule is CC(C)(C)OC(=O)N[C@H](C=O)Cc1ccc(N)cn1. The Labute approximate surface area is 112 Å². The maximum absolute atomic E-state index is 11.5. The molecular formula is C13H19N3O3. The average molecular weight is 265 g/mol. The van der Waals surface area contributed by atoms with Crippen LogP contribution in [-0.4, -0.2) is 29.0 Å². The van der Waals surface area contributed by atoms with Crippen LogP contribution in [0.4, 0.5) is 10.5 Å². The van der Waals surface area contributed by atoms with Gasteiger partial charge in [-0.05, 0) is 32.9 Å². The summed E-state index contributed by atoms with van der Waals surface area (Å²) in [5.41, 5.74) is 6.13. The number of nitrogen functional groups attached to an aromatic ring is 1. The van der Waals surface area contributed by atoms with Crippen molar-refractivity contribution >= 4 is 18.1 Å². The van der Waals surface area contributed by atoms with E-state index in [2.05, 4.69) is 10.3 Å². The van der Waals surface area contributed by atoms with Crippen LogP contribution in [0.15, 0.2) is 18.3 Å². The van der Waals surface area contributed by atoms with E-state index >= 15 is 0 Å². The molecule has 0 unspecified atom stereocenters. The van der Waals surface area contributed by atoms with Gasteiger partial charge in [0.05, 0.1) is 17.9 Å². The third-order valence-corrected chi connectivity index (χ3v) is 2.14. The highest BCUT2D eigenvalue weighted by Crippen LogP contribution is 2.08. The summed E-state index contributed by atoms with van der Waals surface area (Å²) in [4.78, 5) is 26.6. The van der Waals surface area contributed by atoms with Crippen LogP contribution in [-0.2, 0) is 16.0 Å². The van der Waals surface area contributed by atoms with Gasteiger partial charge in [-0.2, -0.15) is 0 Å². The van der Waals surface area contributed by atoms with E-state index in [0.717, 1.165) is 0 Å². The Hall–Kier alpha value is -2.11. The Morgan fingerprint density at radius 3 is 2.68 bits per heavy atom. The van der Waals surface area contributed by atoms with Crippen molar-refractivity contribution in [2.24, 2.45) is 0 Å². The molecule has 1 rings (SSSR count). The van der Waals surface area contributed by atoms with Gasteiger partial charge in [-0.3, -0.25) is 4.98 Å². The molecule has 1 heterocycles. The monoisotopic (exact) mass is 265 g/mol. The van der Waals surface area contributed by atoms with Crippen LogP contribution in [0.3, 0.4) is 0 Å². The lowest BCUT2D eigenvalue weighted by molar-refractivity contribution is -0.109. The summed E-state index contributed by atoms with van der Waals surface area (Å²) in [5, 5.41) is 2.49. The first-order valence-electron chi connectivity index (χ1n) is 5.95. The van der Waals surface area contributed by atoms with Crippen molar-refractivity contribution in [2.45, 2.75) is 38.8 Å². The molecule has 0 fully saturated rings. The zero-order valence-electron chi connectivity index (χ0n) is 11.3. The second-order valence-electron chi connectivity index (χ2n) is 5.18. The van der Waals surface area contributed by atoms with Crippen molar-refractivity contribution in [3.05, 3.63) is 24.0 Å². The average Bonchev–Trinajstić information content (AvgIpc) is 2.28. The van der Waals surface area contributed by atoms with Crippen molar-refractivity contribution in [3.8, 4) is 0 Å². The van der Waals surface area contributed by atoms with Gasteiger partial charge in [0, 0.05) is 12.1 Å². The zero-order chi connectivity index (χ0) is 14.5. The molecule has 1 aromatic heterocycles. The van der Waals surface area contributed by atoms with Gasteiger partial charge in [-0.15, -0.1) is 0 Å². The van der Waals surface area contributed by atoms with Gasteiger partial charge in [0.15, 0.2) is 0 Å². The Kier molecular flexibility index (Phi) is 4.86. The van der Waals surface area contributed by atoms with Gasteiger partial charge in [-0.25, -0.2) is 4.79 Å². The van der Waals surface area contributed by atoms with E-state index in [1.807, 2.05) is 0 Å². The number of amides is 1. The van der Waals surface area contributed by atoms with Crippen LogP contribution in [0.5, 0.6) is 0 Å². The molecule has 6 heteroatoms. The number of aldehydes is 1. The molecule has 6 nitrogen and oxygen atoms in total. The van der Waals surface area contributed by atoms with E-state index in [0.29, 0.717) is 24.1 Å². The Morgan fingerprint density at radius 1 is 1.53 bits per heavy atom. The van der Waals surface area contributed by atoms with Crippen LogP contribution in [0.25, 0.3) is 0 Å². The first-order valence-corrected chi connectivity index (χ1v) is 5.95. The van der Waals surface area contributed by atoms with Crippen molar-refractivity contribution in [2.75, 3.05) is 5.73 Å². The molecule has 0 aliphatic rings. The number of aromatic nitrogens is 1. The minimum absolute atomic E-state index is 0.295. The molecule has 0 saturated carbocycles. The molecular weight excluding hydrogens is 246 g/mol. The number of ether oxygens (including phenoxy) is 1. The lowest BCUT2D eigenvalue weighted by Crippen LogP contribution is -2.41.